The van der Waals surface area contributed by atoms with Gasteiger partial charge in [-0.1, -0.05) is 0 Å². The number of carbonyl (C=O) groups is 8. The number of unbranched alkanes of at least 4 members (excludes halogenated alkanes) is 12. The highest BCUT2D eigenvalue weighted by atomic mass is 16.6. The van der Waals surface area contributed by atoms with Gasteiger partial charge in [-0.05, 0) is 179 Å². The minimum atomic E-state index is -0.642. The Morgan fingerprint density at radius 2 is 0.532 bits per heavy atom. The van der Waals surface area contributed by atoms with Crippen LogP contribution in [0, 0.1) is 23.7 Å². The molecule has 0 aromatic rings. The highest BCUT2D eigenvalue weighted by Gasteiger charge is 2.53. The van der Waals surface area contributed by atoms with E-state index in [1.165, 1.54) is 0 Å². The molecule has 3 aliphatic heterocycles. The monoisotopic (exact) mass is 1090 g/mol. The van der Waals surface area contributed by atoms with Gasteiger partial charge in [-0.25, -0.2) is 0 Å². The van der Waals surface area contributed by atoms with Crippen LogP contribution in [0.1, 0.15) is 205 Å². The second kappa shape index (κ2) is 35.3. The Balaban J connectivity index is 0.653. The van der Waals surface area contributed by atoms with Crippen molar-refractivity contribution in [2.24, 2.45) is 23.7 Å². The molecule has 77 heavy (non-hydrogen) atoms. The third-order valence-electron chi connectivity index (χ3n) is 15.6. The summed E-state index contributed by atoms with van der Waals surface area (Å²) in [6.07, 6.45) is 22.6. The van der Waals surface area contributed by atoms with Gasteiger partial charge in [0.25, 0.3) is 0 Å². The molecule has 19 nitrogen and oxygen atoms in total. The van der Waals surface area contributed by atoms with Crippen LogP contribution in [0.2, 0.25) is 0 Å². The van der Waals surface area contributed by atoms with Gasteiger partial charge in [-0.15, -0.1) is 0 Å². The largest absolute Gasteiger partial charge is 0.466 e. The molecule has 0 N–H and O–H groups in total. The van der Waals surface area contributed by atoms with E-state index >= 15 is 0 Å². The minimum absolute atomic E-state index is 0.0479. The van der Waals surface area contributed by atoms with E-state index in [-0.39, 0.29) is 87.3 Å². The number of fused-ring (bicyclic) bond motifs is 3. The van der Waals surface area contributed by atoms with Crippen molar-refractivity contribution in [3.05, 3.63) is 0 Å². The summed E-state index contributed by atoms with van der Waals surface area (Å²) in [5, 5.41) is 0. The van der Waals surface area contributed by atoms with Crippen molar-refractivity contribution in [3.63, 3.8) is 0 Å². The van der Waals surface area contributed by atoms with Crippen molar-refractivity contribution in [2.75, 3.05) is 52.9 Å². The lowest BCUT2D eigenvalue weighted by Crippen LogP contribution is -2.37. The van der Waals surface area contributed by atoms with Crippen LogP contribution >= 0.6 is 0 Å². The smallest absolute Gasteiger partial charge is 0.309 e. The summed E-state index contributed by atoms with van der Waals surface area (Å²) in [4.78, 5) is 98.8. The first-order valence-electron chi connectivity index (χ1n) is 29.7. The first-order valence-corrected chi connectivity index (χ1v) is 29.7. The van der Waals surface area contributed by atoms with E-state index in [1.807, 2.05) is 0 Å². The number of hydrogen-bond acceptors (Lipinski definition) is 19. The normalized spacial score (nSPS) is 25.4. The molecule has 3 saturated carbocycles. The first-order chi connectivity index (χ1) is 37.5. The van der Waals surface area contributed by atoms with Crippen molar-refractivity contribution in [3.8, 4) is 0 Å². The fourth-order valence-electron chi connectivity index (χ4n) is 10.7. The van der Waals surface area contributed by atoms with Gasteiger partial charge in [-0.3, -0.25) is 38.4 Å². The van der Waals surface area contributed by atoms with Crippen LogP contribution < -0.4 is 0 Å². The second-order valence-corrected chi connectivity index (χ2v) is 22.1. The molecule has 0 radical (unpaired) electrons. The van der Waals surface area contributed by atoms with E-state index in [2.05, 4.69) is 0 Å². The lowest BCUT2D eigenvalue weighted by molar-refractivity contribution is -0.162. The topological polar surface area (TPSA) is 248 Å². The molecular weight excluding hydrogens is 1000 g/mol. The molecule has 436 valence electrons. The van der Waals surface area contributed by atoms with E-state index in [1.54, 1.807) is 0 Å². The van der Waals surface area contributed by atoms with E-state index < -0.39 is 23.8 Å². The molecule has 19 heteroatoms. The van der Waals surface area contributed by atoms with Gasteiger partial charge in [0.1, 0.15) is 0 Å². The highest BCUT2D eigenvalue weighted by Crippen LogP contribution is 2.44. The molecule has 3 saturated heterocycles. The van der Waals surface area contributed by atoms with Gasteiger partial charge >= 0.3 is 47.8 Å². The molecule has 6 fully saturated rings. The van der Waals surface area contributed by atoms with E-state index in [4.69, 9.17) is 52.1 Å². The van der Waals surface area contributed by atoms with Crippen LogP contribution in [0.15, 0.2) is 0 Å². The van der Waals surface area contributed by atoms with Gasteiger partial charge in [0.15, 0.2) is 0 Å². The molecule has 0 amide bonds. The number of esters is 8. The van der Waals surface area contributed by atoms with E-state index in [9.17, 15) is 38.4 Å². The Bertz CT molecular complexity index is 1710. The zero-order valence-electron chi connectivity index (χ0n) is 45.8. The van der Waals surface area contributed by atoms with Crippen LogP contribution in [-0.4, -0.2) is 137 Å². The lowest BCUT2D eigenvalue weighted by atomic mass is 9.79. The van der Waals surface area contributed by atoms with Crippen LogP contribution in [0.5, 0.6) is 0 Å². The molecule has 10 atom stereocenters. The summed E-state index contributed by atoms with van der Waals surface area (Å²) in [5.41, 5.74) is 0. The molecular formula is C58H90O19. The molecule has 0 spiro atoms. The third kappa shape index (κ3) is 26.0. The summed E-state index contributed by atoms with van der Waals surface area (Å²) in [7, 11) is 0. The minimum Gasteiger partial charge on any atom is -0.466 e. The van der Waals surface area contributed by atoms with Gasteiger partial charge in [0, 0.05) is 38.5 Å². The summed E-state index contributed by atoms with van der Waals surface area (Å²) in [6.45, 7) is 2.56. The number of rotatable bonds is 42. The molecule has 0 bridgehead atoms. The summed E-state index contributed by atoms with van der Waals surface area (Å²) >= 11 is 0. The first kappa shape index (κ1) is 61.8. The Hall–Kier alpha value is -4.36. The average Bonchev–Trinajstić information content (AvgIpc) is 4.34. The van der Waals surface area contributed by atoms with Crippen molar-refractivity contribution in [1.29, 1.82) is 0 Å². The van der Waals surface area contributed by atoms with Gasteiger partial charge < -0.3 is 52.1 Å². The Labute approximate surface area is 455 Å². The predicted octanol–water partition coefficient (Wildman–Crippen LogP) is 8.62. The van der Waals surface area contributed by atoms with Gasteiger partial charge in [0.2, 0.25) is 0 Å². The Morgan fingerprint density at radius 3 is 0.831 bits per heavy atom. The summed E-state index contributed by atoms with van der Waals surface area (Å²) in [5.74, 6) is -2.76. The van der Waals surface area contributed by atoms with Gasteiger partial charge in [0.05, 0.1) is 101 Å². The number of carbonyl (C=O) groups excluding carboxylic acids is 8. The van der Waals surface area contributed by atoms with Crippen LogP contribution in [-0.2, 0) is 90.5 Å². The second-order valence-electron chi connectivity index (χ2n) is 22.1. The lowest BCUT2D eigenvalue weighted by Gasteiger charge is -2.26. The summed E-state index contributed by atoms with van der Waals surface area (Å²) in [6, 6.07) is 0. The molecule has 10 unspecified atom stereocenters. The van der Waals surface area contributed by atoms with Crippen molar-refractivity contribution in [2.45, 2.75) is 242 Å². The van der Waals surface area contributed by atoms with Crippen LogP contribution in [0.25, 0.3) is 0 Å². The Kier molecular flexibility index (Phi) is 28.3. The van der Waals surface area contributed by atoms with Crippen molar-refractivity contribution in [1.82, 2.24) is 0 Å². The third-order valence-corrected chi connectivity index (χ3v) is 15.6. The van der Waals surface area contributed by atoms with E-state index in [0.717, 1.165) is 64.2 Å². The SMILES string of the molecule is O=C(CCCCCOC(=O)CCCCCOC(=O)C1CC2OC2CC1C(=O)OCCCCCC(=O)OCCCCCC(=O)OCCCCCC(=O)OCC1CCC2OC2C1)OCCCCCC(=O)OCC1CCC2OC2C1. The average molecular weight is 1090 g/mol. The molecule has 0 aromatic heterocycles. The van der Waals surface area contributed by atoms with Crippen molar-refractivity contribution >= 4 is 47.8 Å². The molecule has 0 aromatic carbocycles. The number of ether oxygens (including phenoxy) is 11. The Morgan fingerprint density at radius 1 is 0.273 bits per heavy atom. The molecule has 6 aliphatic rings. The van der Waals surface area contributed by atoms with Crippen LogP contribution in [0.3, 0.4) is 0 Å². The quantitative estimate of drug-likeness (QED) is 0.0240. The maximum absolute atomic E-state index is 13.1. The zero-order chi connectivity index (χ0) is 54.5. The fraction of sp³-hybridized carbons (Fsp3) is 0.862. The molecule has 6 rings (SSSR count). The zero-order valence-corrected chi connectivity index (χ0v) is 45.8. The van der Waals surface area contributed by atoms with E-state index in [0.29, 0.717) is 191 Å². The fourth-order valence-corrected chi connectivity index (χ4v) is 10.7. The predicted molar refractivity (Wildman–Crippen MR) is 275 cm³/mol. The maximum atomic E-state index is 13.1. The molecule has 3 heterocycles. The van der Waals surface area contributed by atoms with Gasteiger partial charge in [-0.2, -0.15) is 0 Å². The highest BCUT2D eigenvalue weighted by molar-refractivity contribution is 5.82. The summed E-state index contributed by atoms with van der Waals surface area (Å²) < 4.78 is 60.0. The molecule has 3 aliphatic carbocycles. The maximum Gasteiger partial charge on any atom is 0.309 e. The van der Waals surface area contributed by atoms with Crippen LogP contribution in [0.4, 0.5) is 0 Å². The number of epoxide rings is 3. The standard InChI is InChI=1S/C58H90O19/c59-51(69-31-15-3-11-23-55(63)73-39-41-25-27-45-47(35-41)75-45)19-7-1-13-29-67-53(61)21-9-5-17-33-71-57(65)43-37-49-50(77-49)38-44(43)58(66)72-34-18-6-10-22-54(62)68-30-14-2-8-20-52(60)70-32-16-4-12-24-56(64)74-40-42-26-28-46-48(36-42)76-46/h41-50H,1-40H2. The van der Waals surface area contributed by atoms with Crippen molar-refractivity contribution < 1.29 is 90.5 Å². The number of hydrogen-bond donors (Lipinski definition) is 0.